The average molecular weight is 464 g/mol. The van der Waals surface area contributed by atoms with Crippen LogP contribution in [0.2, 0.25) is 0 Å². The molecule has 0 N–H and O–H groups in total. The van der Waals surface area contributed by atoms with Crippen molar-refractivity contribution in [2.24, 2.45) is 0 Å². The Bertz CT molecular complexity index is 1120. The van der Waals surface area contributed by atoms with Crippen molar-refractivity contribution in [3.63, 3.8) is 0 Å². The fourth-order valence-electron chi connectivity index (χ4n) is 3.83. The number of rotatable bonds is 5. The van der Waals surface area contributed by atoms with Gasteiger partial charge in [0.1, 0.15) is 11.5 Å². The van der Waals surface area contributed by atoms with Crippen molar-refractivity contribution in [3.05, 3.63) is 71.8 Å². The minimum absolute atomic E-state index is 0.178. The second-order valence-corrected chi connectivity index (χ2v) is 7.80. The Hall–Kier alpha value is -3.20. The molecule has 33 heavy (non-hydrogen) atoms. The second-order valence-electron chi connectivity index (χ2n) is 7.80. The Kier molecular flexibility index (Phi) is 6.51. The molecule has 1 aliphatic rings. The maximum Gasteiger partial charge on any atom is 0.416 e. The van der Waals surface area contributed by atoms with Gasteiger partial charge in [0.2, 0.25) is 0 Å². The highest BCUT2D eigenvalue weighted by Crippen LogP contribution is 2.34. The van der Waals surface area contributed by atoms with Crippen molar-refractivity contribution in [1.82, 2.24) is 9.80 Å². The number of amides is 1. The van der Waals surface area contributed by atoms with Gasteiger partial charge < -0.3 is 9.64 Å². The van der Waals surface area contributed by atoms with Crippen LogP contribution < -0.4 is 4.74 Å². The van der Waals surface area contributed by atoms with E-state index in [1.807, 2.05) is 6.07 Å². The van der Waals surface area contributed by atoms with E-state index in [9.17, 15) is 26.7 Å². The zero-order valence-electron chi connectivity index (χ0n) is 17.5. The summed E-state index contributed by atoms with van der Waals surface area (Å²) in [5, 5.41) is 1.44. The number of piperazine rings is 1. The van der Waals surface area contributed by atoms with Crippen LogP contribution in [0.3, 0.4) is 0 Å². The van der Waals surface area contributed by atoms with Gasteiger partial charge in [0, 0.05) is 37.1 Å². The molecule has 0 atom stereocenters. The summed E-state index contributed by atoms with van der Waals surface area (Å²) >= 11 is 0. The van der Waals surface area contributed by atoms with Crippen LogP contribution in [-0.2, 0) is 6.18 Å². The highest BCUT2D eigenvalue weighted by atomic mass is 19.4. The topological polar surface area (TPSA) is 32.8 Å². The van der Waals surface area contributed by atoms with E-state index in [1.165, 1.54) is 12.1 Å². The maximum atomic E-state index is 12.9. The molecule has 9 heteroatoms. The number of benzene rings is 3. The van der Waals surface area contributed by atoms with Gasteiger partial charge in [0.05, 0.1) is 12.1 Å². The van der Waals surface area contributed by atoms with E-state index in [0.29, 0.717) is 42.9 Å². The summed E-state index contributed by atoms with van der Waals surface area (Å²) in [6.45, 7) is 1.25. The summed E-state index contributed by atoms with van der Waals surface area (Å²) in [7, 11) is 0. The third kappa shape index (κ3) is 5.42. The highest BCUT2D eigenvalue weighted by molar-refractivity contribution is 6.00. The number of halogens is 5. The molecule has 4 nitrogen and oxygen atoms in total. The van der Waals surface area contributed by atoms with Crippen molar-refractivity contribution in [1.29, 1.82) is 0 Å². The predicted octanol–water partition coefficient (Wildman–Crippen LogP) is 5.67. The Morgan fingerprint density at radius 2 is 1.64 bits per heavy atom. The molecule has 1 heterocycles. The lowest BCUT2D eigenvalue weighted by Gasteiger charge is -2.34. The molecule has 0 unspecified atom stereocenters. The predicted molar refractivity (Wildman–Crippen MR) is 114 cm³/mol. The Labute approximate surface area is 187 Å². The summed E-state index contributed by atoms with van der Waals surface area (Å²) in [6.07, 6.45) is -6.82. The van der Waals surface area contributed by atoms with Crippen molar-refractivity contribution in [2.45, 2.75) is 12.6 Å². The Morgan fingerprint density at radius 1 is 0.939 bits per heavy atom. The molecule has 174 valence electrons. The SMILES string of the molecule is O=C(c1ccc2c(Oc3ccc(C(F)(F)F)cc3)cccc2c1)N1CCN(CC(F)F)CC1. The highest BCUT2D eigenvalue weighted by Gasteiger charge is 2.30. The smallest absolute Gasteiger partial charge is 0.416 e. The monoisotopic (exact) mass is 464 g/mol. The van der Waals surface area contributed by atoms with Crippen molar-refractivity contribution >= 4 is 16.7 Å². The van der Waals surface area contributed by atoms with Gasteiger partial charge in [-0.05, 0) is 53.9 Å². The van der Waals surface area contributed by atoms with Crippen LogP contribution in [0.4, 0.5) is 22.0 Å². The fourth-order valence-corrected chi connectivity index (χ4v) is 3.83. The molecular formula is C24H21F5N2O2. The van der Waals surface area contributed by atoms with Crippen LogP contribution in [-0.4, -0.2) is 54.9 Å². The number of fused-ring (bicyclic) bond motifs is 1. The third-order valence-corrected chi connectivity index (χ3v) is 5.55. The van der Waals surface area contributed by atoms with Crippen molar-refractivity contribution in [2.75, 3.05) is 32.7 Å². The van der Waals surface area contributed by atoms with Crippen LogP contribution in [0.15, 0.2) is 60.7 Å². The van der Waals surface area contributed by atoms with Gasteiger partial charge in [0.15, 0.2) is 0 Å². The molecular weight excluding hydrogens is 443 g/mol. The lowest BCUT2D eigenvalue weighted by Crippen LogP contribution is -2.49. The van der Waals surface area contributed by atoms with E-state index in [4.69, 9.17) is 4.74 Å². The second kappa shape index (κ2) is 9.35. The molecule has 1 fully saturated rings. The maximum absolute atomic E-state index is 12.9. The molecule has 1 aliphatic heterocycles. The molecule has 4 rings (SSSR count). The van der Waals surface area contributed by atoms with Crippen LogP contribution in [0, 0.1) is 0 Å². The summed E-state index contributed by atoms with van der Waals surface area (Å²) in [6, 6.07) is 14.8. The molecule has 3 aromatic carbocycles. The molecule has 0 saturated carbocycles. The van der Waals surface area contributed by atoms with Crippen LogP contribution in [0.25, 0.3) is 10.8 Å². The molecule has 1 saturated heterocycles. The van der Waals surface area contributed by atoms with Gasteiger partial charge in [-0.25, -0.2) is 8.78 Å². The van der Waals surface area contributed by atoms with Gasteiger partial charge in [-0.1, -0.05) is 12.1 Å². The number of ether oxygens (including phenoxy) is 1. The fraction of sp³-hybridized carbons (Fsp3) is 0.292. The van der Waals surface area contributed by atoms with Gasteiger partial charge in [-0.3, -0.25) is 9.69 Å². The van der Waals surface area contributed by atoms with Gasteiger partial charge in [-0.2, -0.15) is 13.2 Å². The van der Waals surface area contributed by atoms with Crippen molar-refractivity contribution in [3.8, 4) is 11.5 Å². The summed E-state index contributed by atoms with van der Waals surface area (Å²) < 4.78 is 69.2. The zero-order chi connectivity index (χ0) is 23.6. The quantitative estimate of drug-likeness (QED) is 0.456. The first-order chi connectivity index (χ1) is 15.7. The first-order valence-electron chi connectivity index (χ1n) is 10.4. The number of carbonyl (C=O) groups is 1. The average Bonchev–Trinajstić information content (AvgIpc) is 2.78. The van der Waals surface area contributed by atoms with Gasteiger partial charge in [-0.15, -0.1) is 0 Å². The Balaban J connectivity index is 1.49. The van der Waals surface area contributed by atoms with E-state index in [2.05, 4.69) is 0 Å². The molecule has 0 aliphatic carbocycles. The van der Waals surface area contributed by atoms with Crippen molar-refractivity contribution < 1.29 is 31.5 Å². The Morgan fingerprint density at radius 3 is 2.27 bits per heavy atom. The molecule has 1 amide bonds. The van der Waals surface area contributed by atoms with Crippen LogP contribution in [0.1, 0.15) is 15.9 Å². The van der Waals surface area contributed by atoms with E-state index in [1.54, 1.807) is 40.1 Å². The summed E-state index contributed by atoms with van der Waals surface area (Å²) in [5.41, 5.74) is -0.289. The minimum Gasteiger partial charge on any atom is -0.457 e. The molecule has 0 radical (unpaired) electrons. The number of hydrogen-bond donors (Lipinski definition) is 0. The van der Waals surface area contributed by atoms with E-state index in [-0.39, 0.29) is 18.2 Å². The zero-order valence-corrected chi connectivity index (χ0v) is 17.5. The summed E-state index contributed by atoms with van der Waals surface area (Å²) in [4.78, 5) is 16.2. The lowest BCUT2D eigenvalue weighted by molar-refractivity contribution is -0.137. The summed E-state index contributed by atoms with van der Waals surface area (Å²) in [5.74, 6) is 0.534. The number of hydrogen-bond acceptors (Lipinski definition) is 3. The molecule has 0 aromatic heterocycles. The van der Waals surface area contributed by atoms with Crippen LogP contribution in [0.5, 0.6) is 11.5 Å². The third-order valence-electron chi connectivity index (χ3n) is 5.55. The normalized spacial score (nSPS) is 15.3. The molecule has 3 aromatic rings. The first kappa shape index (κ1) is 23.0. The minimum atomic E-state index is -4.42. The van der Waals surface area contributed by atoms with E-state index < -0.39 is 18.2 Å². The van der Waals surface area contributed by atoms with Gasteiger partial charge >= 0.3 is 6.18 Å². The molecule has 0 bridgehead atoms. The number of alkyl halides is 5. The lowest BCUT2D eigenvalue weighted by atomic mass is 10.0. The van der Waals surface area contributed by atoms with Gasteiger partial charge in [0.25, 0.3) is 12.3 Å². The van der Waals surface area contributed by atoms with E-state index in [0.717, 1.165) is 17.5 Å². The standard InChI is InChI=1S/C24H21F5N2O2/c25-22(26)15-30-10-12-31(13-11-30)23(32)17-4-9-20-16(14-17)2-1-3-21(20)33-19-7-5-18(6-8-19)24(27,28)29/h1-9,14,22H,10-13,15H2. The van der Waals surface area contributed by atoms with E-state index >= 15 is 0 Å². The van der Waals surface area contributed by atoms with Crippen LogP contribution >= 0.6 is 0 Å². The molecule has 0 spiro atoms. The first-order valence-corrected chi connectivity index (χ1v) is 10.4. The number of carbonyl (C=O) groups excluding carboxylic acids is 1. The number of nitrogens with zero attached hydrogens (tertiary/aromatic N) is 2. The largest absolute Gasteiger partial charge is 0.457 e.